The van der Waals surface area contributed by atoms with E-state index in [0.717, 1.165) is 12.8 Å². The van der Waals surface area contributed by atoms with Crippen molar-refractivity contribution >= 4 is 12.0 Å². The predicted octanol–water partition coefficient (Wildman–Crippen LogP) is 2.67. The molecule has 0 N–H and O–H groups in total. The van der Waals surface area contributed by atoms with E-state index in [4.69, 9.17) is 4.74 Å². The number of nitrogens with zero attached hydrogens (tertiary/aromatic N) is 1. The molecule has 102 valence electrons. The van der Waals surface area contributed by atoms with Crippen molar-refractivity contribution in [1.29, 1.82) is 0 Å². The SMILES string of the molecule is CCOC(=O)C(C)(CCCc1ccccc1)N=C=O. The van der Waals surface area contributed by atoms with Gasteiger partial charge in [0.25, 0.3) is 0 Å². The molecule has 0 fully saturated rings. The Morgan fingerprint density at radius 3 is 2.63 bits per heavy atom. The summed E-state index contributed by atoms with van der Waals surface area (Å²) in [6, 6.07) is 9.98. The van der Waals surface area contributed by atoms with Crippen LogP contribution in [0, 0.1) is 0 Å². The Morgan fingerprint density at radius 2 is 2.05 bits per heavy atom. The number of hydrogen-bond donors (Lipinski definition) is 0. The second-order valence-electron chi connectivity index (χ2n) is 4.54. The molecule has 0 heterocycles. The fourth-order valence-corrected chi connectivity index (χ4v) is 1.87. The largest absolute Gasteiger partial charge is 0.464 e. The molecular weight excluding hydrogens is 242 g/mol. The third-order valence-corrected chi connectivity index (χ3v) is 2.98. The number of carbonyl (C=O) groups excluding carboxylic acids is 2. The molecule has 19 heavy (non-hydrogen) atoms. The molecule has 0 aliphatic rings. The number of aryl methyl sites for hydroxylation is 1. The van der Waals surface area contributed by atoms with Gasteiger partial charge in [0.2, 0.25) is 6.08 Å². The molecule has 0 saturated heterocycles. The maximum absolute atomic E-state index is 11.8. The van der Waals surface area contributed by atoms with Crippen LogP contribution in [0.3, 0.4) is 0 Å². The molecule has 0 saturated carbocycles. The van der Waals surface area contributed by atoms with E-state index in [1.807, 2.05) is 30.3 Å². The van der Waals surface area contributed by atoms with Gasteiger partial charge in [0.15, 0.2) is 5.54 Å². The maximum Gasteiger partial charge on any atom is 0.334 e. The summed E-state index contributed by atoms with van der Waals surface area (Å²) in [6.07, 6.45) is 3.53. The summed E-state index contributed by atoms with van der Waals surface area (Å²) in [5.74, 6) is -0.466. The minimum absolute atomic E-state index is 0.279. The van der Waals surface area contributed by atoms with E-state index in [1.54, 1.807) is 13.8 Å². The Labute approximate surface area is 113 Å². The Kier molecular flexibility index (Phi) is 5.97. The number of rotatable bonds is 7. The highest BCUT2D eigenvalue weighted by atomic mass is 16.5. The fourth-order valence-electron chi connectivity index (χ4n) is 1.87. The molecule has 4 heteroatoms. The molecule has 1 aromatic carbocycles. The normalized spacial score (nSPS) is 13.2. The molecule has 0 radical (unpaired) electrons. The molecule has 0 aliphatic heterocycles. The Bertz CT molecular complexity index is 452. The van der Waals surface area contributed by atoms with Crippen LogP contribution in [0.2, 0.25) is 0 Å². The summed E-state index contributed by atoms with van der Waals surface area (Å²) in [5.41, 5.74) is 0.0794. The van der Waals surface area contributed by atoms with Crippen LogP contribution in [0.25, 0.3) is 0 Å². The van der Waals surface area contributed by atoms with E-state index in [0.29, 0.717) is 6.42 Å². The molecule has 0 amide bonds. The van der Waals surface area contributed by atoms with Gasteiger partial charge in [0.05, 0.1) is 6.61 Å². The van der Waals surface area contributed by atoms with E-state index in [2.05, 4.69) is 4.99 Å². The van der Waals surface area contributed by atoms with Gasteiger partial charge in [0, 0.05) is 0 Å². The maximum atomic E-state index is 11.8. The molecule has 0 aliphatic carbocycles. The summed E-state index contributed by atoms with van der Waals surface area (Å²) >= 11 is 0. The van der Waals surface area contributed by atoms with Gasteiger partial charge in [-0.2, -0.15) is 4.99 Å². The Morgan fingerprint density at radius 1 is 1.37 bits per heavy atom. The number of ether oxygens (including phenoxy) is 1. The zero-order valence-electron chi connectivity index (χ0n) is 11.4. The minimum Gasteiger partial charge on any atom is -0.464 e. The molecule has 4 nitrogen and oxygen atoms in total. The van der Waals surface area contributed by atoms with Gasteiger partial charge in [-0.1, -0.05) is 30.3 Å². The predicted molar refractivity (Wildman–Crippen MR) is 72.5 cm³/mol. The van der Waals surface area contributed by atoms with Crippen molar-refractivity contribution in [2.75, 3.05) is 6.61 Å². The van der Waals surface area contributed by atoms with Crippen LogP contribution in [0.5, 0.6) is 0 Å². The summed E-state index contributed by atoms with van der Waals surface area (Å²) < 4.78 is 4.95. The smallest absolute Gasteiger partial charge is 0.334 e. The van der Waals surface area contributed by atoms with Crippen molar-refractivity contribution in [2.45, 2.75) is 38.6 Å². The average Bonchev–Trinajstić information content (AvgIpc) is 2.40. The van der Waals surface area contributed by atoms with E-state index in [9.17, 15) is 9.59 Å². The first-order chi connectivity index (χ1) is 9.12. The molecular formula is C15H19NO3. The first-order valence-electron chi connectivity index (χ1n) is 6.42. The minimum atomic E-state index is -1.12. The lowest BCUT2D eigenvalue weighted by Crippen LogP contribution is -2.35. The van der Waals surface area contributed by atoms with E-state index in [-0.39, 0.29) is 6.61 Å². The van der Waals surface area contributed by atoms with Crippen molar-refractivity contribution in [3.05, 3.63) is 35.9 Å². The number of esters is 1. The highest BCUT2D eigenvalue weighted by molar-refractivity contribution is 5.81. The highest BCUT2D eigenvalue weighted by Gasteiger charge is 2.34. The van der Waals surface area contributed by atoms with E-state index < -0.39 is 11.5 Å². The quantitative estimate of drug-likeness (QED) is 0.431. The monoisotopic (exact) mass is 261 g/mol. The summed E-state index contributed by atoms with van der Waals surface area (Å²) in [7, 11) is 0. The zero-order valence-corrected chi connectivity index (χ0v) is 11.4. The number of carbonyl (C=O) groups is 1. The molecule has 1 aromatic rings. The first-order valence-corrected chi connectivity index (χ1v) is 6.42. The topological polar surface area (TPSA) is 55.7 Å². The van der Waals surface area contributed by atoms with Gasteiger partial charge < -0.3 is 4.74 Å². The number of aliphatic imine (C=N–C) groups is 1. The summed E-state index contributed by atoms with van der Waals surface area (Å²) in [6.45, 7) is 3.62. The third-order valence-electron chi connectivity index (χ3n) is 2.98. The molecule has 1 atom stereocenters. The molecule has 0 bridgehead atoms. The van der Waals surface area contributed by atoms with E-state index >= 15 is 0 Å². The van der Waals surface area contributed by atoms with Gasteiger partial charge in [-0.3, -0.25) is 0 Å². The van der Waals surface area contributed by atoms with Crippen molar-refractivity contribution in [2.24, 2.45) is 4.99 Å². The lowest BCUT2D eigenvalue weighted by atomic mass is 9.94. The van der Waals surface area contributed by atoms with Gasteiger partial charge in [-0.15, -0.1) is 0 Å². The van der Waals surface area contributed by atoms with E-state index in [1.165, 1.54) is 11.6 Å². The van der Waals surface area contributed by atoms with Crippen LogP contribution in [0.15, 0.2) is 35.3 Å². The van der Waals surface area contributed by atoms with Gasteiger partial charge >= 0.3 is 5.97 Å². The lowest BCUT2D eigenvalue weighted by Gasteiger charge is -2.20. The fraction of sp³-hybridized carbons (Fsp3) is 0.467. The number of benzene rings is 1. The molecule has 1 rings (SSSR count). The Balaban J connectivity index is 2.59. The van der Waals surface area contributed by atoms with Crippen molar-refractivity contribution in [3.63, 3.8) is 0 Å². The van der Waals surface area contributed by atoms with Crippen LogP contribution in [0.1, 0.15) is 32.3 Å². The second-order valence-corrected chi connectivity index (χ2v) is 4.54. The van der Waals surface area contributed by atoms with Gasteiger partial charge in [-0.05, 0) is 38.7 Å². The average molecular weight is 261 g/mol. The van der Waals surface area contributed by atoms with Gasteiger partial charge in [-0.25, -0.2) is 9.59 Å². The van der Waals surface area contributed by atoms with Crippen molar-refractivity contribution < 1.29 is 14.3 Å². The second kappa shape index (κ2) is 7.49. The highest BCUT2D eigenvalue weighted by Crippen LogP contribution is 2.21. The third kappa shape index (κ3) is 4.68. The zero-order chi connectivity index (χ0) is 14.1. The lowest BCUT2D eigenvalue weighted by molar-refractivity contribution is -0.149. The van der Waals surface area contributed by atoms with Crippen molar-refractivity contribution in [3.8, 4) is 0 Å². The van der Waals surface area contributed by atoms with Crippen LogP contribution < -0.4 is 0 Å². The van der Waals surface area contributed by atoms with Crippen LogP contribution in [0.4, 0.5) is 0 Å². The van der Waals surface area contributed by atoms with Gasteiger partial charge in [0.1, 0.15) is 0 Å². The molecule has 1 unspecified atom stereocenters. The van der Waals surface area contributed by atoms with Crippen LogP contribution in [-0.2, 0) is 20.7 Å². The number of hydrogen-bond acceptors (Lipinski definition) is 4. The molecule has 0 spiro atoms. The van der Waals surface area contributed by atoms with Crippen LogP contribution >= 0.6 is 0 Å². The summed E-state index contributed by atoms with van der Waals surface area (Å²) in [5, 5.41) is 0. The first kappa shape index (κ1) is 15.1. The standard InChI is InChI=1S/C15H19NO3/c1-3-19-14(18)15(2,16-12-17)11-7-10-13-8-5-4-6-9-13/h4-6,8-9H,3,7,10-11H2,1-2H3. The summed E-state index contributed by atoms with van der Waals surface area (Å²) in [4.78, 5) is 25.9. The molecule has 0 aromatic heterocycles. The Hall–Kier alpha value is -1.93. The van der Waals surface area contributed by atoms with Crippen molar-refractivity contribution in [1.82, 2.24) is 0 Å². The number of isocyanates is 1. The van der Waals surface area contributed by atoms with Crippen LogP contribution in [-0.4, -0.2) is 24.2 Å².